The first-order chi connectivity index (χ1) is 8.01. The van der Waals surface area contributed by atoms with Gasteiger partial charge in [-0.15, -0.1) is 0 Å². The fraction of sp³-hybridized carbons (Fsp3) is 0.929. The number of amides is 1. The van der Waals surface area contributed by atoms with Crippen LogP contribution in [-0.2, 0) is 4.74 Å². The number of rotatable bonds is 5. The highest BCUT2D eigenvalue weighted by molar-refractivity contribution is 5.67. The van der Waals surface area contributed by atoms with E-state index < -0.39 is 5.60 Å². The average molecular weight is 258 g/mol. The van der Waals surface area contributed by atoms with Gasteiger partial charge in [-0.05, 0) is 39.2 Å². The molecule has 0 aliphatic rings. The molecule has 4 nitrogen and oxygen atoms in total. The Labute approximate surface area is 112 Å². The van der Waals surface area contributed by atoms with Gasteiger partial charge in [0.05, 0.1) is 0 Å². The maximum absolute atomic E-state index is 11.7. The summed E-state index contributed by atoms with van der Waals surface area (Å²) >= 11 is 0. The lowest BCUT2D eigenvalue weighted by atomic mass is 9.92. The van der Waals surface area contributed by atoms with Crippen LogP contribution in [0, 0.1) is 5.41 Å². The summed E-state index contributed by atoms with van der Waals surface area (Å²) in [5, 5.41) is 3.34. The Balaban J connectivity index is 3.71. The Morgan fingerprint density at radius 1 is 1.11 bits per heavy atom. The second kappa shape index (κ2) is 6.98. The highest BCUT2D eigenvalue weighted by atomic mass is 16.6. The van der Waals surface area contributed by atoms with Gasteiger partial charge in [0.1, 0.15) is 5.60 Å². The first kappa shape index (κ1) is 17.2. The fourth-order valence-corrected chi connectivity index (χ4v) is 1.27. The van der Waals surface area contributed by atoms with E-state index in [2.05, 4.69) is 26.1 Å². The molecule has 108 valence electrons. The average Bonchev–Trinajstić information content (AvgIpc) is 2.12. The van der Waals surface area contributed by atoms with Crippen molar-refractivity contribution in [3.63, 3.8) is 0 Å². The zero-order chi connectivity index (χ0) is 14.4. The molecule has 0 saturated heterocycles. The summed E-state index contributed by atoms with van der Waals surface area (Å²) in [6.45, 7) is 14.7. The zero-order valence-corrected chi connectivity index (χ0v) is 13.1. The van der Waals surface area contributed by atoms with E-state index in [1.54, 1.807) is 11.9 Å². The number of nitrogens with zero attached hydrogens (tertiary/aromatic N) is 1. The van der Waals surface area contributed by atoms with Crippen LogP contribution in [0.5, 0.6) is 0 Å². The number of ether oxygens (including phenoxy) is 1. The lowest BCUT2D eigenvalue weighted by Crippen LogP contribution is -2.38. The monoisotopic (exact) mass is 258 g/mol. The van der Waals surface area contributed by atoms with Crippen molar-refractivity contribution in [1.82, 2.24) is 10.2 Å². The van der Waals surface area contributed by atoms with Gasteiger partial charge in [0.25, 0.3) is 0 Å². The Morgan fingerprint density at radius 3 is 2.11 bits per heavy atom. The Kier molecular flexibility index (Phi) is 6.68. The van der Waals surface area contributed by atoms with Gasteiger partial charge >= 0.3 is 6.09 Å². The molecule has 4 heteroatoms. The second-order valence-corrected chi connectivity index (χ2v) is 6.96. The molecule has 0 radical (unpaired) electrons. The summed E-state index contributed by atoms with van der Waals surface area (Å²) in [7, 11) is 1.76. The Hall–Kier alpha value is -0.770. The SMILES string of the molecule is CN(CCNCCC(C)(C)C)C(=O)OC(C)(C)C. The van der Waals surface area contributed by atoms with Crippen molar-refractivity contribution in [2.24, 2.45) is 5.41 Å². The largest absolute Gasteiger partial charge is 0.444 e. The van der Waals surface area contributed by atoms with Crippen LogP contribution in [-0.4, -0.2) is 43.3 Å². The van der Waals surface area contributed by atoms with Crippen LogP contribution < -0.4 is 5.32 Å². The first-order valence-corrected chi connectivity index (χ1v) is 6.66. The molecule has 0 aromatic heterocycles. The molecule has 0 fully saturated rings. The molecule has 18 heavy (non-hydrogen) atoms. The first-order valence-electron chi connectivity index (χ1n) is 6.66. The zero-order valence-electron chi connectivity index (χ0n) is 13.1. The minimum atomic E-state index is -0.426. The van der Waals surface area contributed by atoms with Crippen LogP contribution in [0.3, 0.4) is 0 Å². The molecule has 0 unspecified atom stereocenters. The number of carbonyl (C=O) groups is 1. The maximum atomic E-state index is 11.7. The summed E-state index contributed by atoms with van der Waals surface area (Å²) < 4.78 is 5.27. The maximum Gasteiger partial charge on any atom is 0.410 e. The molecular formula is C14H30N2O2. The summed E-state index contributed by atoms with van der Waals surface area (Å²) in [6.07, 6.45) is 0.864. The number of nitrogens with one attached hydrogen (secondary N) is 1. The minimum Gasteiger partial charge on any atom is -0.444 e. The standard InChI is InChI=1S/C14H30N2O2/c1-13(2,3)8-9-15-10-11-16(7)12(17)18-14(4,5)6/h15H,8-11H2,1-7H3. The molecule has 1 amide bonds. The number of hydrogen-bond donors (Lipinski definition) is 1. The molecule has 1 N–H and O–H groups in total. The number of hydrogen-bond acceptors (Lipinski definition) is 3. The van der Waals surface area contributed by atoms with Crippen molar-refractivity contribution in [3.8, 4) is 0 Å². The van der Waals surface area contributed by atoms with Gasteiger partial charge in [-0.3, -0.25) is 0 Å². The summed E-state index contributed by atoms with van der Waals surface area (Å²) in [5.41, 5.74) is -0.0743. The number of carbonyl (C=O) groups excluding carboxylic acids is 1. The fourth-order valence-electron chi connectivity index (χ4n) is 1.27. The summed E-state index contributed by atoms with van der Waals surface area (Å²) in [6, 6.07) is 0. The highest BCUT2D eigenvalue weighted by Gasteiger charge is 2.19. The molecule has 0 atom stereocenters. The van der Waals surface area contributed by atoms with E-state index in [9.17, 15) is 4.79 Å². The van der Waals surface area contributed by atoms with Crippen LogP contribution in [0.2, 0.25) is 0 Å². The van der Waals surface area contributed by atoms with Gasteiger partial charge in [0, 0.05) is 20.1 Å². The van der Waals surface area contributed by atoms with Gasteiger partial charge in [-0.25, -0.2) is 4.79 Å². The van der Waals surface area contributed by atoms with Crippen molar-refractivity contribution in [2.45, 2.75) is 53.6 Å². The van der Waals surface area contributed by atoms with Crippen LogP contribution >= 0.6 is 0 Å². The number of likely N-dealkylation sites (N-methyl/N-ethyl adjacent to an activating group) is 1. The topological polar surface area (TPSA) is 41.6 Å². The van der Waals surface area contributed by atoms with Crippen LogP contribution in [0.1, 0.15) is 48.0 Å². The lowest BCUT2D eigenvalue weighted by Gasteiger charge is -2.25. The van der Waals surface area contributed by atoms with Crippen LogP contribution in [0.25, 0.3) is 0 Å². The third kappa shape index (κ3) is 10.4. The highest BCUT2D eigenvalue weighted by Crippen LogP contribution is 2.16. The van der Waals surface area contributed by atoms with E-state index in [-0.39, 0.29) is 6.09 Å². The van der Waals surface area contributed by atoms with Crippen molar-refractivity contribution in [2.75, 3.05) is 26.7 Å². The lowest BCUT2D eigenvalue weighted by molar-refractivity contribution is 0.0300. The Morgan fingerprint density at radius 2 is 1.67 bits per heavy atom. The van der Waals surface area contributed by atoms with Crippen molar-refractivity contribution < 1.29 is 9.53 Å². The predicted octanol–water partition coefficient (Wildman–Crippen LogP) is 2.88. The molecule has 0 heterocycles. The predicted molar refractivity (Wildman–Crippen MR) is 75.8 cm³/mol. The van der Waals surface area contributed by atoms with E-state index >= 15 is 0 Å². The quantitative estimate of drug-likeness (QED) is 0.771. The third-order valence-electron chi connectivity index (χ3n) is 2.38. The molecule has 0 aliphatic heterocycles. The summed E-state index contributed by atoms with van der Waals surface area (Å²) in [4.78, 5) is 13.3. The summed E-state index contributed by atoms with van der Waals surface area (Å²) in [5.74, 6) is 0. The van der Waals surface area contributed by atoms with Crippen molar-refractivity contribution in [1.29, 1.82) is 0 Å². The van der Waals surface area contributed by atoms with Gasteiger partial charge in [-0.1, -0.05) is 20.8 Å². The van der Waals surface area contributed by atoms with E-state index in [0.717, 1.165) is 19.5 Å². The molecule has 0 saturated carbocycles. The molecule has 0 spiro atoms. The third-order valence-corrected chi connectivity index (χ3v) is 2.38. The minimum absolute atomic E-state index is 0.264. The molecule has 0 aromatic carbocycles. The normalized spacial score (nSPS) is 12.4. The second-order valence-electron chi connectivity index (χ2n) is 6.96. The van der Waals surface area contributed by atoms with Gasteiger partial charge in [-0.2, -0.15) is 0 Å². The van der Waals surface area contributed by atoms with Crippen LogP contribution in [0.4, 0.5) is 4.79 Å². The molecule has 0 aliphatic carbocycles. The van der Waals surface area contributed by atoms with E-state index in [1.165, 1.54) is 0 Å². The smallest absolute Gasteiger partial charge is 0.410 e. The van der Waals surface area contributed by atoms with Gasteiger partial charge in [0.15, 0.2) is 0 Å². The molecule has 0 aromatic rings. The van der Waals surface area contributed by atoms with Gasteiger partial charge in [0.2, 0.25) is 0 Å². The van der Waals surface area contributed by atoms with E-state index in [4.69, 9.17) is 4.74 Å². The van der Waals surface area contributed by atoms with Gasteiger partial charge < -0.3 is 15.0 Å². The van der Waals surface area contributed by atoms with Crippen LogP contribution in [0.15, 0.2) is 0 Å². The van der Waals surface area contributed by atoms with E-state index in [0.29, 0.717) is 12.0 Å². The Bertz CT molecular complexity index is 252. The molecule has 0 rings (SSSR count). The molecule has 0 bridgehead atoms. The molecular weight excluding hydrogens is 228 g/mol. The van der Waals surface area contributed by atoms with Crippen molar-refractivity contribution in [3.05, 3.63) is 0 Å². The van der Waals surface area contributed by atoms with E-state index in [1.807, 2.05) is 20.8 Å². The van der Waals surface area contributed by atoms with Crippen molar-refractivity contribution >= 4 is 6.09 Å².